The number of unbranched alkanes of at least 4 members (excludes halogenated alkanes) is 2. The van der Waals surface area contributed by atoms with Crippen LogP contribution in [0.5, 0.6) is 0 Å². The molecule has 0 saturated carbocycles. The van der Waals surface area contributed by atoms with Crippen molar-refractivity contribution in [1.29, 1.82) is 0 Å². The third-order valence-corrected chi connectivity index (χ3v) is 10.7. The molecule has 0 aromatic heterocycles. The van der Waals surface area contributed by atoms with Gasteiger partial charge in [-0.15, -0.1) is 12.3 Å². The molecular formula is C25H28Si. The zero-order valence-corrected chi connectivity index (χ0v) is 16.9. The van der Waals surface area contributed by atoms with Gasteiger partial charge in [0.1, 0.15) is 8.07 Å². The highest BCUT2D eigenvalue weighted by Crippen LogP contribution is 2.29. The normalized spacial score (nSPS) is 14.5. The summed E-state index contributed by atoms with van der Waals surface area (Å²) in [7, 11) is -2.08. The lowest BCUT2D eigenvalue weighted by Crippen LogP contribution is -2.59. The quantitative estimate of drug-likeness (QED) is 0.293. The lowest BCUT2D eigenvalue weighted by molar-refractivity contribution is 0.673. The lowest BCUT2D eigenvalue weighted by Gasteiger charge is -2.35. The number of terminal acetylenes is 1. The molecule has 26 heavy (non-hydrogen) atoms. The Balaban J connectivity index is 2.19. The van der Waals surface area contributed by atoms with E-state index < -0.39 is 8.07 Å². The molecule has 3 aromatic rings. The van der Waals surface area contributed by atoms with E-state index in [4.69, 9.17) is 6.42 Å². The average Bonchev–Trinajstić information content (AvgIpc) is 2.71. The fourth-order valence-electron chi connectivity index (χ4n) is 4.14. The first-order chi connectivity index (χ1) is 12.7. The highest BCUT2D eigenvalue weighted by molar-refractivity contribution is 7.04. The van der Waals surface area contributed by atoms with E-state index in [0.717, 1.165) is 6.42 Å². The van der Waals surface area contributed by atoms with E-state index in [0.29, 0.717) is 5.54 Å². The molecule has 0 spiro atoms. The third kappa shape index (κ3) is 3.48. The van der Waals surface area contributed by atoms with E-state index in [1.54, 1.807) is 0 Å². The molecule has 1 heteroatoms. The standard InChI is InChI=1S/C25H28Si/c1-4-6-8-16-22(5-2)26(3,23-17-9-7-10-18-23)25-20-13-15-21-14-11-12-19-24(21)25/h2,7,9-15,17-20,22H,4,6,8,16H2,1,3H3. The number of rotatable bonds is 7. The Morgan fingerprint density at radius 2 is 1.58 bits per heavy atom. The molecule has 0 aliphatic heterocycles. The Bertz CT molecular complexity index is 885. The van der Waals surface area contributed by atoms with Crippen molar-refractivity contribution in [3.63, 3.8) is 0 Å². The van der Waals surface area contributed by atoms with Gasteiger partial charge in [0.05, 0.1) is 0 Å². The molecule has 2 atom stereocenters. The van der Waals surface area contributed by atoms with Crippen molar-refractivity contribution in [2.24, 2.45) is 0 Å². The van der Waals surface area contributed by atoms with Crippen molar-refractivity contribution in [1.82, 2.24) is 0 Å². The zero-order chi connectivity index (χ0) is 18.4. The van der Waals surface area contributed by atoms with Crippen molar-refractivity contribution < 1.29 is 0 Å². The van der Waals surface area contributed by atoms with Gasteiger partial charge in [-0.05, 0) is 22.4 Å². The summed E-state index contributed by atoms with van der Waals surface area (Å²) in [6, 6.07) is 26.5. The minimum absolute atomic E-state index is 0.308. The molecule has 0 nitrogen and oxygen atoms in total. The van der Waals surface area contributed by atoms with Gasteiger partial charge in [0.2, 0.25) is 0 Å². The maximum Gasteiger partial charge on any atom is 0.130 e. The first kappa shape index (κ1) is 18.5. The number of benzene rings is 3. The molecule has 0 bridgehead atoms. The molecule has 0 aliphatic rings. The summed E-state index contributed by atoms with van der Waals surface area (Å²) >= 11 is 0. The third-order valence-electron chi connectivity index (χ3n) is 5.72. The summed E-state index contributed by atoms with van der Waals surface area (Å²) in [5, 5.41) is 5.59. The minimum atomic E-state index is -2.08. The molecule has 3 rings (SSSR count). The Morgan fingerprint density at radius 3 is 2.31 bits per heavy atom. The molecule has 132 valence electrons. The Morgan fingerprint density at radius 1 is 0.885 bits per heavy atom. The van der Waals surface area contributed by atoms with Gasteiger partial charge in [0, 0.05) is 5.54 Å². The summed E-state index contributed by atoms with van der Waals surface area (Å²) in [5.41, 5.74) is 0.308. The van der Waals surface area contributed by atoms with E-state index in [1.807, 2.05) is 0 Å². The first-order valence-electron chi connectivity index (χ1n) is 9.71. The van der Waals surface area contributed by atoms with Crippen molar-refractivity contribution in [2.75, 3.05) is 0 Å². The van der Waals surface area contributed by atoms with Gasteiger partial charge in [0.15, 0.2) is 0 Å². The molecule has 2 unspecified atom stereocenters. The Kier molecular flexibility index (Phi) is 5.96. The van der Waals surface area contributed by atoms with Gasteiger partial charge in [0.25, 0.3) is 0 Å². The van der Waals surface area contributed by atoms with Crippen LogP contribution in [0.2, 0.25) is 12.1 Å². The van der Waals surface area contributed by atoms with E-state index in [1.165, 1.54) is 40.4 Å². The van der Waals surface area contributed by atoms with Gasteiger partial charge in [-0.2, -0.15) is 0 Å². The van der Waals surface area contributed by atoms with Gasteiger partial charge in [-0.25, -0.2) is 0 Å². The van der Waals surface area contributed by atoms with Crippen molar-refractivity contribution in [2.45, 2.75) is 44.7 Å². The van der Waals surface area contributed by atoms with Crippen molar-refractivity contribution >= 4 is 29.2 Å². The highest BCUT2D eigenvalue weighted by Gasteiger charge is 2.40. The summed E-state index contributed by atoms with van der Waals surface area (Å²) in [5.74, 6) is 3.22. The highest BCUT2D eigenvalue weighted by atomic mass is 28.3. The number of hydrogen-bond acceptors (Lipinski definition) is 0. The van der Waals surface area contributed by atoms with Crippen LogP contribution in [-0.2, 0) is 0 Å². The van der Waals surface area contributed by atoms with Crippen LogP contribution in [0.15, 0.2) is 72.8 Å². The Labute approximate surface area is 159 Å². The Hall–Kier alpha value is -2.30. The SMILES string of the molecule is C#CC(CCCCC)[Si](C)(c1ccccc1)c1cccc2ccccc12. The molecule has 0 saturated heterocycles. The van der Waals surface area contributed by atoms with E-state index in [2.05, 4.69) is 92.2 Å². The maximum absolute atomic E-state index is 6.14. The van der Waals surface area contributed by atoms with Crippen molar-refractivity contribution in [3.8, 4) is 12.3 Å². The van der Waals surface area contributed by atoms with Crippen LogP contribution in [0.1, 0.15) is 32.6 Å². The molecular weight excluding hydrogens is 328 g/mol. The molecule has 0 radical (unpaired) electrons. The zero-order valence-electron chi connectivity index (χ0n) is 15.9. The topological polar surface area (TPSA) is 0 Å². The summed E-state index contributed by atoms with van der Waals surface area (Å²) in [6.07, 6.45) is 11.0. The van der Waals surface area contributed by atoms with Gasteiger partial charge < -0.3 is 0 Å². The van der Waals surface area contributed by atoms with Gasteiger partial charge in [-0.3, -0.25) is 0 Å². The maximum atomic E-state index is 6.14. The van der Waals surface area contributed by atoms with Crippen LogP contribution in [0.3, 0.4) is 0 Å². The summed E-state index contributed by atoms with van der Waals surface area (Å²) in [4.78, 5) is 0. The largest absolute Gasteiger partial charge is 0.130 e. The molecule has 0 amide bonds. The van der Waals surface area contributed by atoms with Crippen LogP contribution < -0.4 is 10.4 Å². The molecule has 3 aromatic carbocycles. The number of fused-ring (bicyclic) bond motifs is 1. The second-order valence-electron chi connectivity index (χ2n) is 7.31. The average molecular weight is 357 g/mol. The predicted molar refractivity (Wildman–Crippen MR) is 118 cm³/mol. The molecule has 0 aliphatic carbocycles. The van der Waals surface area contributed by atoms with Crippen LogP contribution >= 0.6 is 0 Å². The van der Waals surface area contributed by atoms with E-state index in [-0.39, 0.29) is 0 Å². The molecule has 0 heterocycles. The smallest absolute Gasteiger partial charge is 0.120 e. The second kappa shape index (κ2) is 8.38. The molecule has 0 N–H and O–H groups in total. The number of hydrogen-bond donors (Lipinski definition) is 0. The monoisotopic (exact) mass is 356 g/mol. The first-order valence-corrected chi connectivity index (χ1v) is 12.3. The van der Waals surface area contributed by atoms with Crippen LogP contribution in [0, 0.1) is 12.3 Å². The minimum Gasteiger partial charge on any atom is -0.120 e. The second-order valence-corrected chi connectivity index (χ2v) is 11.5. The fraction of sp³-hybridized carbons (Fsp3) is 0.280. The van der Waals surface area contributed by atoms with Crippen LogP contribution in [-0.4, -0.2) is 8.07 Å². The lowest BCUT2D eigenvalue weighted by atomic mass is 10.1. The summed E-state index contributed by atoms with van der Waals surface area (Å²) in [6.45, 7) is 4.73. The fourth-order valence-corrected chi connectivity index (χ4v) is 8.46. The van der Waals surface area contributed by atoms with Crippen molar-refractivity contribution in [3.05, 3.63) is 72.8 Å². The van der Waals surface area contributed by atoms with E-state index in [9.17, 15) is 0 Å². The summed E-state index contributed by atoms with van der Waals surface area (Å²) < 4.78 is 0. The van der Waals surface area contributed by atoms with Crippen LogP contribution in [0.4, 0.5) is 0 Å². The van der Waals surface area contributed by atoms with Gasteiger partial charge >= 0.3 is 0 Å². The predicted octanol–water partition coefficient (Wildman–Crippen LogP) is 5.62. The molecule has 0 fully saturated rings. The van der Waals surface area contributed by atoms with Gasteiger partial charge in [-0.1, -0.05) is 111 Å². The van der Waals surface area contributed by atoms with E-state index >= 15 is 0 Å². The van der Waals surface area contributed by atoms with Crippen LogP contribution in [0.25, 0.3) is 10.8 Å².